The van der Waals surface area contributed by atoms with Gasteiger partial charge in [0.15, 0.2) is 5.52 Å². The van der Waals surface area contributed by atoms with E-state index in [2.05, 4.69) is 17.0 Å². The molecule has 4 rings (SSSR count). The fourth-order valence-electron chi connectivity index (χ4n) is 5.29. The van der Waals surface area contributed by atoms with Gasteiger partial charge >= 0.3 is 5.97 Å². The highest BCUT2D eigenvalue weighted by Gasteiger charge is 2.36. The zero-order valence-corrected chi connectivity index (χ0v) is 26.0. The molecule has 42 heavy (non-hydrogen) atoms. The van der Waals surface area contributed by atoms with Gasteiger partial charge in [-0.3, -0.25) is 14.3 Å². The molecule has 0 spiro atoms. The van der Waals surface area contributed by atoms with Crippen molar-refractivity contribution in [2.75, 3.05) is 26.3 Å². The third kappa shape index (κ3) is 7.20. The van der Waals surface area contributed by atoms with Crippen LogP contribution in [0.15, 0.2) is 27.9 Å². The topological polar surface area (TPSA) is 136 Å². The number of fused-ring (bicyclic) bond motifs is 1. The van der Waals surface area contributed by atoms with E-state index < -0.39 is 10.0 Å². The van der Waals surface area contributed by atoms with Crippen LogP contribution in [0.3, 0.4) is 0 Å². The molecular weight excluding hydrogens is 558 g/mol. The van der Waals surface area contributed by atoms with Gasteiger partial charge in [0.1, 0.15) is 17.1 Å². The molecule has 0 bridgehead atoms. The number of benzene rings is 1. The predicted octanol–water partition coefficient (Wildman–Crippen LogP) is 4.59. The van der Waals surface area contributed by atoms with Crippen LogP contribution in [0, 0.1) is 5.92 Å². The third-order valence-corrected chi connectivity index (χ3v) is 9.40. The summed E-state index contributed by atoms with van der Waals surface area (Å²) in [6.07, 6.45) is 7.63. The number of esters is 1. The number of H-pyrrole nitrogens is 1. The molecule has 1 N–H and O–H groups in total. The van der Waals surface area contributed by atoms with Crippen LogP contribution in [0.1, 0.15) is 77.8 Å². The number of rotatable bonds is 16. The number of sulfonamides is 1. The summed E-state index contributed by atoms with van der Waals surface area (Å²) < 4.78 is 41.1. The molecular formula is C30H43N5O6S. The Balaban J connectivity index is 1.44. The Morgan fingerprint density at radius 1 is 1.10 bits per heavy atom. The smallest absolute Gasteiger partial charge is 0.305 e. The minimum atomic E-state index is -3.77. The van der Waals surface area contributed by atoms with Crippen molar-refractivity contribution in [3.8, 4) is 17.1 Å². The molecule has 3 aromatic rings. The lowest BCUT2D eigenvalue weighted by Crippen LogP contribution is -2.49. The molecule has 0 radical (unpaired) electrons. The van der Waals surface area contributed by atoms with Gasteiger partial charge in [-0.1, -0.05) is 39.5 Å². The van der Waals surface area contributed by atoms with Crippen LogP contribution in [0.4, 0.5) is 0 Å². The minimum absolute atomic E-state index is 0.110. The van der Waals surface area contributed by atoms with Gasteiger partial charge in [-0.05, 0) is 56.7 Å². The Bertz CT molecular complexity index is 1540. The van der Waals surface area contributed by atoms with Crippen LogP contribution in [0.5, 0.6) is 5.75 Å². The first-order valence-electron chi connectivity index (χ1n) is 15.1. The fraction of sp³-hybridized carbons (Fsp3) is 0.600. The van der Waals surface area contributed by atoms with E-state index in [1.54, 1.807) is 13.1 Å². The van der Waals surface area contributed by atoms with E-state index in [0.717, 1.165) is 44.2 Å². The Morgan fingerprint density at radius 3 is 2.60 bits per heavy atom. The molecule has 0 saturated carbocycles. The number of carbonyl (C=O) groups excluding carboxylic acids is 1. The lowest BCUT2D eigenvalue weighted by atomic mass is 9.98. The average molecular weight is 602 g/mol. The quantitative estimate of drug-likeness (QED) is 0.186. The number of unbranched alkanes of at least 4 members (excludes halogenated alkanes) is 3. The summed E-state index contributed by atoms with van der Waals surface area (Å²) in [4.78, 5) is 32.5. The first kappa shape index (κ1) is 31.7. The van der Waals surface area contributed by atoms with Gasteiger partial charge in [-0.15, -0.1) is 0 Å². The molecule has 11 nitrogen and oxygen atoms in total. The van der Waals surface area contributed by atoms with Crippen LogP contribution in [-0.2, 0) is 33.0 Å². The summed E-state index contributed by atoms with van der Waals surface area (Å²) in [6, 6.07) is 4.66. The van der Waals surface area contributed by atoms with Gasteiger partial charge < -0.3 is 14.5 Å². The van der Waals surface area contributed by atoms with Crippen molar-refractivity contribution in [2.45, 2.75) is 83.5 Å². The van der Waals surface area contributed by atoms with Crippen LogP contribution in [0.2, 0.25) is 0 Å². The number of hydrogen-bond donors (Lipinski definition) is 1. The summed E-state index contributed by atoms with van der Waals surface area (Å²) >= 11 is 0. The highest BCUT2D eigenvalue weighted by Crippen LogP contribution is 2.34. The molecule has 3 heterocycles. The molecule has 1 aromatic carbocycles. The number of aryl methyl sites for hydroxylation is 2. The Morgan fingerprint density at radius 2 is 1.88 bits per heavy atom. The second kappa shape index (κ2) is 14.3. The number of nitrogens with one attached hydrogen (secondary N) is 1. The maximum absolute atomic E-state index is 13.5. The molecule has 230 valence electrons. The summed E-state index contributed by atoms with van der Waals surface area (Å²) in [5, 5.41) is 4.47. The van der Waals surface area contributed by atoms with Crippen LogP contribution in [0.25, 0.3) is 22.4 Å². The van der Waals surface area contributed by atoms with E-state index in [1.165, 1.54) is 21.1 Å². The van der Waals surface area contributed by atoms with Gasteiger partial charge in [-0.25, -0.2) is 13.4 Å². The Hall–Kier alpha value is -3.25. The van der Waals surface area contributed by atoms with E-state index in [9.17, 15) is 18.0 Å². The van der Waals surface area contributed by atoms with Gasteiger partial charge in [0.25, 0.3) is 5.56 Å². The molecule has 1 aliphatic rings. The molecule has 0 atom stereocenters. The van der Waals surface area contributed by atoms with Gasteiger partial charge in [0, 0.05) is 26.6 Å². The summed E-state index contributed by atoms with van der Waals surface area (Å²) in [5.41, 5.74) is 1.64. The number of carbonyl (C=O) groups is 1. The van der Waals surface area contributed by atoms with Gasteiger partial charge in [-0.2, -0.15) is 9.40 Å². The molecule has 1 fully saturated rings. The monoisotopic (exact) mass is 601 g/mol. The highest BCUT2D eigenvalue weighted by molar-refractivity contribution is 7.89. The fourth-order valence-corrected chi connectivity index (χ4v) is 6.91. The third-order valence-electron chi connectivity index (χ3n) is 7.57. The van der Waals surface area contributed by atoms with Gasteiger partial charge in [0.05, 0.1) is 29.4 Å². The Labute approximate surface area is 247 Å². The average Bonchev–Trinajstić information content (AvgIpc) is 3.25. The van der Waals surface area contributed by atoms with Crippen LogP contribution < -0.4 is 10.3 Å². The highest BCUT2D eigenvalue weighted by atomic mass is 32.2. The van der Waals surface area contributed by atoms with Crippen molar-refractivity contribution < 1.29 is 22.7 Å². The predicted molar refractivity (Wildman–Crippen MR) is 161 cm³/mol. The number of nitrogens with zero attached hydrogens (tertiary/aromatic N) is 4. The zero-order chi connectivity index (χ0) is 30.3. The normalized spacial score (nSPS) is 14.3. The molecule has 1 saturated heterocycles. The number of hydrogen-bond acceptors (Lipinski definition) is 8. The second-order valence-corrected chi connectivity index (χ2v) is 12.8. The SMILES string of the molecule is CCCCCCC(=O)OCCCC1CN(S(=O)(=O)c2ccc(OCC)c(-c3nc4c(CCC)nn(C)c4c(=O)[nH]3)c2)C1. The maximum atomic E-state index is 13.5. The summed E-state index contributed by atoms with van der Waals surface area (Å²) in [5.74, 6) is 0.726. The van der Waals surface area contributed by atoms with Crippen LogP contribution >= 0.6 is 0 Å². The van der Waals surface area contributed by atoms with Gasteiger partial charge in [0.2, 0.25) is 10.0 Å². The zero-order valence-electron chi connectivity index (χ0n) is 25.1. The maximum Gasteiger partial charge on any atom is 0.305 e. The second-order valence-electron chi connectivity index (χ2n) is 10.9. The molecule has 2 aromatic heterocycles. The number of aromatic nitrogens is 4. The first-order chi connectivity index (χ1) is 20.2. The lowest BCUT2D eigenvalue weighted by Gasteiger charge is -2.38. The first-order valence-corrected chi connectivity index (χ1v) is 16.5. The van der Waals surface area contributed by atoms with E-state index >= 15 is 0 Å². The van der Waals surface area contributed by atoms with E-state index in [0.29, 0.717) is 67.9 Å². The van der Waals surface area contributed by atoms with Crippen molar-refractivity contribution >= 4 is 27.0 Å². The minimum Gasteiger partial charge on any atom is -0.493 e. The summed E-state index contributed by atoms with van der Waals surface area (Å²) in [6.45, 7) is 7.55. The lowest BCUT2D eigenvalue weighted by molar-refractivity contribution is -0.144. The number of ether oxygens (including phenoxy) is 2. The standard InChI is InChI=1S/C30H43N5O6S/c1-5-8-9-10-14-26(36)41-17-11-13-21-19-35(20-21)42(38,39)22-15-16-25(40-7-3)23(18-22)29-31-27-24(12-6-2)33-34(4)28(27)30(37)32-29/h15-16,18,21H,5-14,17,19-20H2,1-4H3,(H,31,32,37). The summed E-state index contributed by atoms with van der Waals surface area (Å²) in [7, 11) is -2.06. The van der Waals surface area contributed by atoms with Crippen LogP contribution in [-0.4, -0.2) is 64.7 Å². The van der Waals surface area contributed by atoms with Crippen molar-refractivity contribution in [3.05, 3.63) is 34.2 Å². The van der Waals surface area contributed by atoms with Crippen molar-refractivity contribution in [2.24, 2.45) is 13.0 Å². The van der Waals surface area contributed by atoms with Crippen molar-refractivity contribution in [3.63, 3.8) is 0 Å². The van der Waals surface area contributed by atoms with E-state index in [-0.39, 0.29) is 28.2 Å². The molecule has 1 aliphatic heterocycles. The number of aromatic amines is 1. The molecule has 0 unspecified atom stereocenters. The van der Waals surface area contributed by atoms with E-state index in [1.807, 2.05) is 13.8 Å². The molecule has 12 heteroatoms. The largest absolute Gasteiger partial charge is 0.493 e. The Kier molecular flexibility index (Phi) is 10.8. The molecule has 0 amide bonds. The van der Waals surface area contributed by atoms with E-state index in [4.69, 9.17) is 14.5 Å². The van der Waals surface area contributed by atoms with Crippen molar-refractivity contribution in [1.29, 1.82) is 0 Å². The molecule has 0 aliphatic carbocycles. The van der Waals surface area contributed by atoms with Crippen molar-refractivity contribution in [1.82, 2.24) is 24.1 Å².